The Morgan fingerprint density at radius 1 is 0.857 bits per heavy atom. The van der Waals surface area contributed by atoms with E-state index in [1.165, 1.54) is 54.1 Å². The molecule has 2 aromatic carbocycles. The van der Waals surface area contributed by atoms with Gasteiger partial charge < -0.3 is 10.2 Å². The van der Waals surface area contributed by atoms with Crippen LogP contribution in [0.2, 0.25) is 0 Å². The van der Waals surface area contributed by atoms with Crippen LogP contribution in [0, 0.1) is 11.8 Å². The van der Waals surface area contributed by atoms with Crippen LogP contribution in [-0.4, -0.2) is 26.2 Å². The Bertz CT molecular complexity index is 694. The minimum Gasteiger partial charge on any atom is -0.371 e. The highest BCUT2D eigenvalue weighted by molar-refractivity contribution is 5.78. The Labute approximate surface area is 125 Å². The number of hydrogen-bond donors (Lipinski definition) is 1. The van der Waals surface area contributed by atoms with Gasteiger partial charge in [0.05, 0.1) is 0 Å². The normalized spacial score (nSPS) is 25.8. The quantitative estimate of drug-likeness (QED) is 0.735. The summed E-state index contributed by atoms with van der Waals surface area (Å²) in [5.74, 6) is 1.71. The molecule has 0 aromatic heterocycles. The second-order valence-electron chi connectivity index (χ2n) is 6.76. The molecule has 2 atom stereocenters. The van der Waals surface area contributed by atoms with Crippen LogP contribution in [0.4, 0.5) is 5.69 Å². The van der Waals surface area contributed by atoms with Gasteiger partial charge in [-0.3, -0.25) is 0 Å². The van der Waals surface area contributed by atoms with E-state index in [-0.39, 0.29) is 0 Å². The first-order valence-corrected chi connectivity index (χ1v) is 8.05. The molecule has 5 rings (SSSR count). The van der Waals surface area contributed by atoms with Gasteiger partial charge in [0.15, 0.2) is 0 Å². The van der Waals surface area contributed by atoms with Crippen molar-refractivity contribution in [2.24, 2.45) is 11.8 Å². The monoisotopic (exact) mass is 276 g/mol. The molecular weight excluding hydrogens is 256 g/mol. The lowest BCUT2D eigenvalue weighted by atomic mass is 10.0. The Kier molecular flexibility index (Phi) is 2.45. The zero-order chi connectivity index (χ0) is 13.8. The summed E-state index contributed by atoms with van der Waals surface area (Å²) in [5.41, 5.74) is 7.28. The number of anilines is 1. The lowest BCUT2D eigenvalue weighted by Gasteiger charge is -2.20. The van der Waals surface area contributed by atoms with Crippen LogP contribution < -0.4 is 10.2 Å². The van der Waals surface area contributed by atoms with Crippen molar-refractivity contribution in [1.82, 2.24) is 5.32 Å². The summed E-state index contributed by atoms with van der Waals surface area (Å²) in [6.45, 7) is 4.86. The number of hydrogen-bond acceptors (Lipinski definition) is 2. The van der Waals surface area contributed by atoms with E-state index < -0.39 is 0 Å². The molecule has 2 nitrogen and oxygen atoms in total. The third-order valence-corrected chi connectivity index (χ3v) is 5.53. The molecule has 2 fully saturated rings. The average molecular weight is 276 g/mol. The van der Waals surface area contributed by atoms with Crippen LogP contribution >= 0.6 is 0 Å². The lowest BCUT2D eigenvalue weighted by molar-refractivity contribution is 0.533. The van der Waals surface area contributed by atoms with Gasteiger partial charge in [0.1, 0.15) is 0 Å². The largest absolute Gasteiger partial charge is 0.371 e. The summed E-state index contributed by atoms with van der Waals surface area (Å²) in [6.07, 6.45) is 1.10. The molecule has 0 spiro atoms. The second kappa shape index (κ2) is 4.35. The summed E-state index contributed by atoms with van der Waals surface area (Å²) in [4.78, 5) is 2.60. The van der Waals surface area contributed by atoms with Crippen LogP contribution in [0.15, 0.2) is 42.5 Å². The number of nitrogens with zero attached hydrogens (tertiary/aromatic N) is 1. The summed E-state index contributed by atoms with van der Waals surface area (Å²) in [5, 5.41) is 3.52. The molecule has 2 heteroatoms. The summed E-state index contributed by atoms with van der Waals surface area (Å²) in [7, 11) is 0. The first-order chi connectivity index (χ1) is 10.4. The maximum Gasteiger partial charge on any atom is 0.0369 e. The third kappa shape index (κ3) is 1.75. The van der Waals surface area contributed by atoms with E-state index in [0.717, 1.165) is 18.3 Å². The standard InChI is InChI=1S/C19H20N2/c1-2-4-18-13(3-1)7-14-8-17(5-6-19(14)18)21-11-15-9-20-10-16(15)12-21/h1-6,8,15-16,20H,7,9-12H2. The second-order valence-corrected chi connectivity index (χ2v) is 6.76. The van der Waals surface area contributed by atoms with Crippen molar-refractivity contribution in [3.63, 3.8) is 0 Å². The van der Waals surface area contributed by atoms with Gasteiger partial charge in [-0.15, -0.1) is 0 Å². The summed E-state index contributed by atoms with van der Waals surface area (Å²) < 4.78 is 0. The molecule has 2 aliphatic heterocycles. The fourth-order valence-electron chi connectivity index (χ4n) is 4.39. The highest BCUT2D eigenvalue weighted by Crippen LogP contribution is 2.39. The molecule has 3 aliphatic rings. The van der Waals surface area contributed by atoms with Crippen LogP contribution in [0.25, 0.3) is 11.1 Å². The van der Waals surface area contributed by atoms with Gasteiger partial charge >= 0.3 is 0 Å². The van der Waals surface area contributed by atoms with Crippen molar-refractivity contribution < 1.29 is 0 Å². The van der Waals surface area contributed by atoms with Gasteiger partial charge in [-0.25, -0.2) is 0 Å². The molecule has 2 saturated heterocycles. The molecule has 0 amide bonds. The van der Waals surface area contributed by atoms with Crippen LogP contribution in [0.5, 0.6) is 0 Å². The van der Waals surface area contributed by atoms with Crippen molar-refractivity contribution in [2.45, 2.75) is 6.42 Å². The van der Waals surface area contributed by atoms with Gasteiger partial charge in [0, 0.05) is 31.9 Å². The van der Waals surface area contributed by atoms with Gasteiger partial charge in [0.25, 0.3) is 0 Å². The van der Waals surface area contributed by atoms with Gasteiger partial charge in [-0.1, -0.05) is 30.3 Å². The van der Waals surface area contributed by atoms with Crippen LogP contribution in [0.1, 0.15) is 11.1 Å². The van der Waals surface area contributed by atoms with Gasteiger partial charge in [-0.05, 0) is 52.6 Å². The zero-order valence-corrected chi connectivity index (χ0v) is 12.2. The topological polar surface area (TPSA) is 15.3 Å². The molecule has 0 bridgehead atoms. The molecule has 0 saturated carbocycles. The zero-order valence-electron chi connectivity index (χ0n) is 12.2. The minimum absolute atomic E-state index is 0.857. The van der Waals surface area contributed by atoms with E-state index in [9.17, 15) is 0 Å². The van der Waals surface area contributed by atoms with Crippen molar-refractivity contribution in [2.75, 3.05) is 31.1 Å². The Morgan fingerprint density at radius 3 is 2.48 bits per heavy atom. The Hall–Kier alpha value is -1.80. The fraction of sp³-hybridized carbons (Fsp3) is 0.368. The van der Waals surface area contributed by atoms with Crippen molar-refractivity contribution >= 4 is 5.69 Å². The van der Waals surface area contributed by atoms with Crippen LogP contribution in [0.3, 0.4) is 0 Å². The van der Waals surface area contributed by atoms with Crippen molar-refractivity contribution in [1.29, 1.82) is 0 Å². The van der Waals surface area contributed by atoms with Gasteiger partial charge in [-0.2, -0.15) is 0 Å². The van der Waals surface area contributed by atoms with Crippen molar-refractivity contribution in [3.8, 4) is 11.1 Å². The summed E-state index contributed by atoms with van der Waals surface area (Å²) >= 11 is 0. The maximum absolute atomic E-state index is 3.52. The minimum atomic E-state index is 0.857. The van der Waals surface area contributed by atoms with Crippen LogP contribution in [-0.2, 0) is 6.42 Å². The Balaban J connectivity index is 1.48. The molecule has 21 heavy (non-hydrogen) atoms. The summed E-state index contributed by atoms with van der Waals surface area (Å²) in [6, 6.07) is 15.9. The predicted molar refractivity (Wildman–Crippen MR) is 86.7 cm³/mol. The number of fused-ring (bicyclic) bond motifs is 4. The number of rotatable bonds is 1. The highest BCUT2D eigenvalue weighted by atomic mass is 15.2. The van der Waals surface area contributed by atoms with Crippen molar-refractivity contribution in [3.05, 3.63) is 53.6 Å². The van der Waals surface area contributed by atoms with E-state index in [4.69, 9.17) is 0 Å². The van der Waals surface area contributed by atoms with E-state index in [1.807, 2.05) is 0 Å². The highest BCUT2D eigenvalue weighted by Gasteiger charge is 2.36. The number of nitrogens with one attached hydrogen (secondary N) is 1. The molecule has 2 aromatic rings. The predicted octanol–water partition coefficient (Wildman–Crippen LogP) is 2.91. The molecule has 0 radical (unpaired) electrons. The van der Waals surface area contributed by atoms with E-state index in [0.29, 0.717) is 0 Å². The van der Waals surface area contributed by atoms with E-state index in [1.54, 1.807) is 0 Å². The Morgan fingerprint density at radius 2 is 1.62 bits per heavy atom. The molecule has 2 unspecified atom stereocenters. The number of benzene rings is 2. The SMILES string of the molecule is c1ccc2c(c1)Cc1cc(N3CC4CNCC4C3)ccc1-2. The first kappa shape index (κ1) is 11.8. The van der Waals surface area contributed by atoms with E-state index >= 15 is 0 Å². The molecule has 106 valence electrons. The molecular formula is C19H20N2. The first-order valence-electron chi connectivity index (χ1n) is 8.05. The molecule has 1 aliphatic carbocycles. The van der Waals surface area contributed by atoms with Gasteiger partial charge in [0.2, 0.25) is 0 Å². The third-order valence-electron chi connectivity index (χ3n) is 5.53. The fourth-order valence-corrected chi connectivity index (χ4v) is 4.39. The lowest BCUT2D eigenvalue weighted by Crippen LogP contribution is -2.25. The average Bonchev–Trinajstić information content (AvgIpc) is 3.18. The smallest absolute Gasteiger partial charge is 0.0369 e. The molecule has 1 N–H and O–H groups in total. The van der Waals surface area contributed by atoms with E-state index in [2.05, 4.69) is 52.7 Å². The maximum atomic E-state index is 3.52. The molecule has 2 heterocycles.